The summed E-state index contributed by atoms with van der Waals surface area (Å²) < 4.78 is 6.00. The van der Waals surface area contributed by atoms with E-state index in [9.17, 15) is 4.79 Å². The molecule has 0 bridgehead atoms. The molecule has 0 spiro atoms. The molecule has 0 fully saturated rings. The summed E-state index contributed by atoms with van der Waals surface area (Å²) in [6.07, 6.45) is 0.696. The molecule has 1 N–H and O–H groups in total. The first-order valence-corrected chi connectivity index (χ1v) is 8.47. The van der Waals surface area contributed by atoms with Gasteiger partial charge in [0.25, 0.3) is 0 Å². The van der Waals surface area contributed by atoms with E-state index in [1.165, 1.54) is 7.11 Å². The average molecular weight is 316 g/mol. The molecule has 0 radical (unpaired) electrons. The lowest BCUT2D eigenvalue weighted by molar-refractivity contribution is -0.148. The summed E-state index contributed by atoms with van der Waals surface area (Å²) in [6, 6.07) is 0.221. The summed E-state index contributed by atoms with van der Waals surface area (Å²) in [4.78, 5) is 16.5. The van der Waals surface area contributed by atoms with Gasteiger partial charge in [0.2, 0.25) is 0 Å². The van der Waals surface area contributed by atoms with Gasteiger partial charge in [-0.15, -0.1) is 11.3 Å². The number of hydrogen-bond donors (Lipinski definition) is 1. The summed E-state index contributed by atoms with van der Waals surface area (Å²) in [5, 5.41) is 5.64. The molecular formula is C14H24N2O2S2. The standard InChI is InChI=1S/C14H24N2O2S2/c1-9(2)16-14(5,12(17)18-6)7-11(4)20-13-15-10(3)8-19-13/h8-9,11,16H,7H2,1-6H3. The van der Waals surface area contributed by atoms with E-state index >= 15 is 0 Å². The zero-order valence-electron chi connectivity index (χ0n) is 13.0. The van der Waals surface area contributed by atoms with Gasteiger partial charge in [-0.05, 0) is 34.1 Å². The topological polar surface area (TPSA) is 51.2 Å². The third kappa shape index (κ3) is 5.07. The minimum absolute atomic E-state index is 0.214. The second-order valence-corrected chi connectivity index (χ2v) is 8.05. The Hall–Kier alpha value is -0.590. The lowest BCUT2D eigenvalue weighted by Gasteiger charge is -2.32. The maximum absolute atomic E-state index is 12.1. The van der Waals surface area contributed by atoms with Crippen molar-refractivity contribution < 1.29 is 9.53 Å². The van der Waals surface area contributed by atoms with Crippen LogP contribution >= 0.6 is 23.1 Å². The molecule has 1 aromatic rings. The number of aromatic nitrogens is 1. The van der Waals surface area contributed by atoms with E-state index in [0.29, 0.717) is 6.42 Å². The first-order chi connectivity index (χ1) is 9.26. The Kier molecular flexibility index (Phi) is 6.48. The molecule has 4 nitrogen and oxygen atoms in total. The van der Waals surface area contributed by atoms with Crippen LogP contribution in [0.3, 0.4) is 0 Å². The zero-order chi connectivity index (χ0) is 15.3. The van der Waals surface area contributed by atoms with Crippen molar-refractivity contribution in [2.24, 2.45) is 0 Å². The molecular weight excluding hydrogens is 292 g/mol. The number of carbonyl (C=O) groups excluding carboxylic acids is 1. The first-order valence-electron chi connectivity index (χ1n) is 6.71. The maximum Gasteiger partial charge on any atom is 0.325 e. The largest absolute Gasteiger partial charge is 0.468 e. The molecule has 114 valence electrons. The number of hydrogen-bond acceptors (Lipinski definition) is 6. The van der Waals surface area contributed by atoms with Gasteiger partial charge in [-0.2, -0.15) is 0 Å². The van der Waals surface area contributed by atoms with Gasteiger partial charge < -0.3 is 4.74 Å². The van der Waals surface area contributed by atoms with Crippen LogP contribution in [0.5, 0.6) is 0 Å². The van der Waals surface area contributed by atoms with Gasteiger partial charge >= 0.3 is 5.97 Å². The fraction of sp³-hybridized carbons (Fsp3) is 0.714. The molecule has 1 aromatic heterocycles. The number of ether oxygens (including phenoxy) is 1. The Morgan fingerprint density at radius 1 is 1.55 bits per heavy atom. The van der Waals surface area contributed by atoms with Crippen molar-refractivity contribution in [2.45, 2.75) is 62.2 Å². The molecule has 0 aromatic carbocycles. The number of rotatable bonds is 7. The summed E-state index contributed by atoms with van der Waals surface area (Å²) in [7, 11) is 1.44. The predicted octanol–water partition coefficient (Wildman–Crippen LogP) is 3.25. The third-order valence-corrected chi connectivity index (χ3v) is 5.03. The van der Waals surface area contributed by atoms with Crippen molar-refractivity contribution in [1.29, 1.82) is 0 Å². The van der Waals surface area contributed by atoms with Gasteiger partial charge in [0.1, 0.15) is 9.88 Å². The Labute approximate surface area is 129 Å². The van der Waals surface area contributed by atoms with Crippen molar-refractivity contribution in [2.75, 3.05) is 7.11 Å². The number of thioether (sulfide) groups is 1. The van der Waals surface area contributed by atoms with Crippen LogP contribution in [0.25, 0.3) is 0 Å². The van der Waals surface area contributed by atoms with E-state index in [0.717, 1.165) is 10.0 Å². The van der Waals surface area contributed by atoms with Gasteiger partial charge in [-0.3, -0.25) is 10.1 Å². The Morgan fingerprint density at radius 3 is 2.65 bits per heavy atom. The van der Waals surface area contributed by atoms with Crippen LogP contribution in [-0.2, 0) is 9.53 Å². The van der Waals surface area contributed by atoms with Crippen LogP contribution in [-0.4, -0.2) is 34.9 Å². The van der Waals surface area contributed by atoms with Crippen molar-refractivity contribution in [3.8, 4) is 0 Å². The third-order valence-electron chi connectivity index (χ3n) is 2.84. The molecule has 0 saturated heterocycles. The van der Waals surface area contributed by atoms with E-state index < -0.39 is 5.54 Å². The second kappa shape index (κ2) is 7.43. The molecule has 0 saturated carbocycles. The van der Waals surface area contributed by atoms with Gasteiger partial charge in [0.15, 0.2) is 0 Å². The second-order valence-electron chi connectivity index (χ2n) is 5.51. The van der Waals surface area contributed by atoms with Crippen LogP contribution in [0.15, 0.2) is 9.72 Å². The van der Waals surface area contributed by atoms with E-state index in [1.807, 2.05) is 33.1 Å². The molecule has 20 heavy (non-hydrogen) atoms. The minimum atomic E-state index is -0.665. The smallest absolute Gasteiger partial charge is 0.325 e. The molecule has 0 aliphatic rings. The maximum atomic E-state index is 12.1. The molecule has 0 amide bonds. The number of aryl methyl sites for hydroxylation is 1. The van der Waals surface area contributed by atoms with Crippen LogP contribution in [0, 0.1) is 6.92 Å². The van der Waals surface area contributed by atoms with E-state index in [1.54, 1.807) is 23.1 Å². The monoisotopic (exact) mass is 316 g/mol. The highest BCUT2D eigenvalue weighted by Crippen LogP contribution is 2.31. The average Bonchev–Trinajstić information content (AvgIpc) is 2.71. The summed E-state index contributed by atoms with van der Waals surface area (Å²) in [6.45, 7) is 10.1. The van der Waals surface area contributed by atoms with Crippen LogP contribution < -0.4 is 5.32 Å². The predicted molar refractivity (Wildman–Crippen MR) is 85.5 cm³/mol. The molecule has 6 heteroatoms. The Bertz CT molecular complexity index is 448. The number of esters is 1. The lowest BCUT2D eigenvalue weighted by atomic mass is 9.95. The van der Waals surface area contributed by atoms with E-state index in [-0.39, 0.29) is 17.3 Å². The van der Waals surface area contributed by atoms with E-state index in [2.05, 4.69) is 17.2 Å². The first kappa shape index (κ1) is 17.5. The molecule has 1 rings (SSSR count). The Balaban J connectivity index is 2.71. The van der Waals surface area contributed by atoms with Crippen molar-refractivity contribution in [3.05, 3.63) is 11.1 Å². The number of carbonyl (C=O) groups is 1. The van der Waals surface area contributed by atoms with Crippen molar-refractivity contribution >= 4 is 29.1 Å². The quantitative estimate of drug-likeness (QED) is 0.618. The highest BCUT2D eigenvalue weighted by atomic mass is 32.2. The summed E-state index contributed by atoms with van der Waals surface area (Å²) in [5.41, 5.74) is 0.377. The SMILES string of the molecule is COC(=O)C(C)(CC(C)Sc1nc(C)cs1)NC(C)C. The molecule has 1 heterocycles. The number of thiazole rings is 1. The van der Waals surface area contributed by atoms with Crippen LogP contribution in [0.2, 0.25) is 0 Å². The molecule has 2 unspecified atom stereocenters. The minimum Gasteiger partial charge on any atom is -0.468 e. The summed E-state index contributed by atoms with van der Waals surface area (Å²) >= 11 is 3.35. The van der Waals surface area contributed by atoms with Gasteiger partial charge in [0, 0.05) is 22.4 Å². The van der Waals surface area contributed by atoms with Crippen molar-refractivity contribution in [1.82, 2.24) is 10.3 Å². The van der Waals surface area contributed by atoms with Gasteiger partial charge in [-0.25, -0.2) is 4.98 Å². The van der Waals surface area contributed by atoms with Crippen molar-refractivity contribution in [3.63, 3.8) is 0 Å². The highest BCUT2D eigenvalue weighted by molar-refractivity contribution is 8.01. The normalized spacial score (nSPS) is 15.9. The number of methoxy groups -OCH3 is 1. The van der Waals surface area contributed by atoms with E-state index in [4.69, 9.17) is 4.74 Å². The Morgan fingerprint density at radius 2 is 2.20 bits per heavy atom. The van der Waals surface area contributed by atoms with Crippen LogP contribution in [0.1, 0.15) is 39.8 Å². The molecule has 2 atom stereocenters. The molecule has 0 aliphatic carbocycles. The fourth-order valence-corrected chi connectivity index (χ4v) is 4.58. The zero-order valence-corrected chi connectivity index (χ0v) is 14.7. The lowest BCUT2D eigenvalue weighted by Crippen LogP contribution is -2.54. The van der Waals surface area contributed by atoms with Gasteiger partial charge in [-0.1, -0.05) is 18.7 Å². The fourth-order valence-electron chi connectivity index (χ4n) is 2.24. The molecule has 0 aliphatic heterocycles. The van der Waals surface area contributed by atoms with Crippen LogP contribution in [0.4, 0.5) is 0 Å². The number of nitrogens with zero attached hydrogens (tertiary/aromatic N) is 1. The summed E-state index contributed by atoms with van der Waals surface area (Å²) in [5.74, 6) is -0.214. The van der Waals surface area contributed by atoms with Gasteiger partial charge in [0.05, 0.1) is 7.11 Å². The highest BCUT2D eigenvalue weighted by Gasteiger charge is 2.36. The number of nitrogens with one attached hydrogen (secondary N) is 1.